The van der Waals surface area contributed by atoms with E-state index in [0.717, 1.165) is 5.56 Å². The lowest BCUT2D eigenvalue weighted by Gasteiger charge is -2.09. The molecule has 0 fully saturated rings. The molecule has 0 atom stereocenters. The van der Waals surface area contributed by atoms with Gasteiger partial charge in [-0.1, -0.05) is 30.3 Å². The van der Waals surface area contributed by atoms with Crippen molar-refractivity contribution in [3.05, 3.63) is 76.2 Å². The molecule has 1 aromatic heterocycles. The highest BCUT2D eigenvalue weighted by Gasteiger charge is 2.11. The minimum absolute atomic E-state index is 0.00140. The van der Waals surface area contributed by atoms with Gasteiger partial charge in [-0.3, -0.25) is 4.79 Å². The summed E-state index contributed by atoms with van der Waals surface area (Å²) in [5.41, 5.74) is 0.559. The molecule has 5 heteroatoms. The standard InChI is InChI=1S/C21H18O5/c1-3-25-20-12-14(9-11-19(20)24-2)8-10-17(22)16-13-15-6-4-5-7-18(15)26-21(16)23/h4-13H,3H2,1-2H3/b10-8+. The van der Waals surface area contributed by atoms with Gasteiger partial charge < -0.3 is 13.9 Å². The molecule has 0 unspecified atom stereocenters. The van der Waals surface area contributed by atoms with Gasteiger partial charge in [-0.2, -0.15) is 0 Å². The van der Waals surface area contributed by atoms with Crippen LogP contribution in [0.5, 0.6) is 11.5 Å². The Morgan fingerprint density at radius 3 is 2.69 bits per heavy atom. The summed E-state index contributed by atoms with van der Waals surface area (Å²) in [6, 6.07) is 13.9. The highest BCUT2D eigenvalue weighted by Crippen LogP contribution is 2.28. The van der Waals surface area contributed by atoms with Crippen molar-refractivity contribution in [3.63, 3.8) is 0 Å². The van der Waals surface area contributed by atoms with Gasteiger partial charge >= 0.3 is 5.63 Å². The van der Waals surface area contributed by atoms with E-state index < -0.39 is 11.4 Å². The van der Waals surface area contributed by atoms with Crippen LogP contribution in [0.25, 0.3) is 17.0 Å². The van der Waals surface area contributed by atoms with E-state index in [1.165, 1.54) is 6.08 Å². The van der Waals surface area contributed by atoms with Crippen LogP contribution in [-0.2, 0) is 0 Å². The van der Waals surface area contributed by atoms with Crippen molar-refractivity contribution in [1.82, 2.24) is 0 Å². The lowest BCUT2D eigenvalue weighted by Crippen LogP contribution is -2.11. The molecule has 0 aliphatic heterocycles. The van der Waals surface area contributed by atoms with Crippen molar-refractivity contribution in [3.8, 4) is 11.5 Å². The summed E-state index contributed by atoms with van der Waals surface area (Å²) in [5.74, 6) is 0.790. The second-order valence-electron chi connectivity index (χ2n) is 5.53. The normalized spacial score (nSPS) is 11.0. The van der Waals surface area contributed by atoms with Crippen LogP contribution in [-0.4, -0.2) is 19.5 Å². The molecule has 0 aliphatic carbocycles. The molecule has 3 rings (SSSR count). The second-order valence-corrected chi connectivity index (χ2v) is 5.53. The average molecular weight is 350 g/mol. The van der Waals surface area contributed by atoms with Gasteiger partial charge in [0.1, 0.15) is 11.1 Å². The van der Waals surface area contributed by atoms with Crippen LogP contribution in [0.1, 0.15) is 22.8 Å². The fraction of sp³-hybridized carbons (Fsp3) is 0.143. The van der Waals surface area contributed by atoms with Crippen molar-refractivity contribution in [2.24, 2.45) is 0 Å². The van der Waals surface area contributed by atoms with Crippen molar-refractivity contribution in [2.75, 3.05) is 13.7 Å². The molecule has 0 saturated carbocycles. The average Bonchev–Trinajstić information content (AvgIpc) is 2.66. The van der Waals surface area contributed by atoms with E-state index in [9.17, 15) is 9.59 Å². The maximum Gasteiger partial charge on any atom is 0.347 e. The maximum absolute atomic E-state index is 12.4. The Hall–Kier alpha value is -3.34. The number of allylic oxidation sites excluding steroid dienone is 1. The Kier molecular flexibility index (Phi) is 5.17. The predicted molar refractivity (Wildman–Crippen MR) is 100 cm³/mol. The van der Waals surface area contributed by atoms with Crippen LogP contribution in [0.15, 0.2) is 63.8 Å². The molecule has 1 heterocycles. The number of ketones is 1. The van der Waals surface area contributed by atoms with Crippen molar-refractivity contribution in [1.29, 1.82) is 0 Å². The molecule has 3 aromatic rings. The third-order valence-corrected chi connectivity index (χ3v) is 3.82. The third-order valence-electron chi connectivity index (χ3n) is 3.82. The highest BCUT2D eigenvalue weighted by molar-refractivity contribution is 6.07. The first-order valence-corrected chi connectivity index (χ1v) is 8.18. The molecule has 5 nitrogen and oxygen atoms in total. The first-order valence-electron chi connectivity index (χ1n) is 8.18. The van der Waals surface area contributed by atoms with Gasteiger partial charge in [0.15, 0.2) is 17.3 Å². The summed E-state index contributed by atoms with van der Waals surface area (Å²) in [7, 11) is 1.57. The van der Waals surface area contributed by atoms with Crippen molar-refractivity contribution < 1.29 is 18.7 Å². The largest absolute Gasteiger partial charge is 0.493 e. The number of ether oxygens (including phenoxy) is 2. The Bertz CT molecular complexity index is 1030. The number of rotatable bonds is 6. The van der Waals surface area contributed by atoms with E-state index in [4.69, 9.17) is 13.9 Å². The van der Waals surface area contributed by atoms with Crippen molar-refractivity contribution in [2.45, 2.75) is 6.92 Å². The fourth-order valence-electron chi connectivity index (χ4n) is 2.56. The highest BCUT2D eigenvalue weighted by atomic mass is 16.5. The summed E-state index contributed by atoms with van der Waals surface area (Å²) < 4.78 is 16.0. The minimum Gasteiger partial charge on any atom is -0.493 e. The molecule has 132 valence electrons. The summed E-state index contributed by atoms with van der Waals surface area (Å²) in [5, 5.41) is 0.701. The van der Waals surface area contributed by atoms with Gasteiger partial charge in [-0.15, -0.1) is 0 Å². The SMILES string of the molecule is CCOc1cc(/C=C/C(=O)c2cc3ccccc3oc2=O)ccc1OC. The Balaban J connectivity index is 1.89. The maximum atomic E-state index is 12.4. The summed E-state index contributed by atoms with van der Waals surface area (Å²) >= 11 is 0. The van der Waals surface area contributed by atoms with Gasteiger partial charge in [0.2, 0.25) is 0 Å². The molecule has 2 aromatic carbocycles. The van der Waals surface area contributed by atoms with Crippen LogP contribution >= 0.6 is 0 Å². The molecular formula is C21H18O5. The number of hydrogen-bond acceptors (Lipinski definition) is 5. The number of fused-ring (bicyclic) bond motifs is 1. The first-order chi connectivity index (χ1) is 12.6. The van der Waals surface area contributed by atoms with Crippen LogP contribution in [0.4, 0.5) is 0 Å². The second kappa shape index (κ2) is 7.70. The number of carbonyl (C=O) groups is 1. The van der Waals surface area contributed by atoms with E-state index in [-0.39, 0.29) is 5.56 Å². The summed E-state index contributed by atoms with van der Waals surface area (Å²) in [6.07, 6.45) is 2.97. The summed E-state index contributed by atoms with van der Waals surface area (Å²) in [4.78, 5) is 24.5. The van der Waals surface area contributed by atoms with Crippen LogP contribution in [0.2, 0.25) is 0 Å². The number of para-hydroxylation sites is 1. The van der Waals surface area contributed by atoms with Crippen LogP contribution in [0.3, 0.4) is 0 Å². The molecule has 26 heavy (non-hydrogen) atoms. The van der Waals surface area contributed by atoms with Gasteiger partial charge in [0.25, 0.3) is 0 Å². The van der Waals surface area contributed by atoms with Crippen LogP contribution in [0, 0.1) is 0 Å². The van der Waals surface area contributed by atoms with Crippen LogP contribution < -0.4 is 15.1 Å². The molecule has 0 amide bonds. The van der Waals surface area contributed by atoms with Gasteiger partial charge in [-0.05, 0) is 42.8 Å². The zero-order valence-corrected chi connectivity index (χ0v) is 14.5. The topological polar surface area (TPSA) is 65.7 Å². The number of hydrogen-bond donors (Lipinski definition) is 0. The van der Waals surface area contributed by atoms with E-state index in [1.807, 2.05) is 13.0 Å². The smallest absolute Gasteiger partial charge is 0.347 e. The Morgan fingerprint density at radius 1 is 1.12 bits per heavy atom. The monoisotopic (exact) mass is 350 g/mol. The van der Waals surface area contributed by atoms with Gasteiger partial charge in [0, 0.05) is 5.39 Å². The first kappa shape index (κ1) is 17.5. The number of methoxy groups -OCH3 is 1. The molecule has 0 N–H and O–H groups in total. The molecule has 0 spiro atoms. The van der Waals surface area contributed by atoms with Crippen molar-refractivity contribution >= 4 is 22.8 Å². The third kappa shape index (κ3) is 3.67. The van der Waals surface area contributed by atoms with E-state index in [1.54, 1.807) is 55.7 Å². The molecule has 0 radical (unpaired) electrons. The van der Waals surface area contributed by atoms with E-state index >= 15 is 0 Å². The molecule has 0 saturated heterocycles. The zero-order valence-electron chi connectivity index (χ0n) is 14.5. The molecule has 0 bridgehead atoms. The zero-order chi connectivity index (χ0) is 18.5. The fourth-order valence-corrected chi connectivity index (χ4v) is 2.56. The Labute approximate surface area is 150 Å². The summed E-state index contributed by atoms with van der Waals surface area (Å²) in [6.45, 7) is 2.38. The quantitative estimate of drug-likeness (QED) is 0.380. The Morgan fingerprint density at radius 2 is 1.92 bits per heavy atom. The van der Waals surface area contributed by atoms with Gasteiger partial charge in [0.05, 0.1) is 13.7 Å². The van der Waals surface area contributed by atoms with E-state index in [0.29, 0.717) is 29.1 Å². The van der Waals surface area contributed by atoms with E-state index in [2.05, 4.69) is 0 Å². The molecular weight excluding hydrogens is 332 g/mol. The molecule has 0 aliphatic rings. The number of benzene rings is 2. The lowest BCUT2D eigenvalue weighted by atomic mass is 10.1. The number of carbonyl (C=O) groups excluding carboxylic acids is 1. The van der Waals surface area contributed by atoms with Gasteiger partial charge in [-0.25, -0.2) is 4.79 Å². The predicted octanol–water partition coefficient (Wildman–Crippen LogP) is 4.10. The minimum atomic E-state index is -0.650. The lowest BCUT2D eigenvalue weighted by molar-refractivity contribution is 0.104.